The number of barbiturate groups is 1. The molecule has 9 nitrogen and oxygen atoms in total. The van der Waals surface area contributed by atoms with Crippen molar-refractivity contribution < 1.29 is 24.3 Å². The molecule has 0 saturated carbocycles. The number of hydrogen-bond donors (Lipinski definition) is 3. The first-order valence-electron chi connectivity index (χ1n) is 7.59. The van der Waals surface area contributed by atoms with E-state index in [2.05, 4.69) is 5.10 Å². The molecule has 3 rings (SSSR count). The molecule has 0 radical (unpaired) electrons. The molecule has 1 saturated heterocycles. The van der Waals surface area contributed by atoms with Gasteiger partial charge in [-0.05, 0) is 25.1 Å². The Balaban J connectivity index is 0.000000596. The minimum atomic E-state index is -0.847. The Morgan fingerprint density at radius 2 is 1.67 bits per heavy atom. The van der Waals surface area contributed by atoms with Gasteiger partial charge in [-0.25, -0.2) is 9.48 Å². The molecule has 10 heteroatoms. The number of carboxylic acids is 1. The number of nitrogens with zero attached hydrogens (tertiary/aromatic N) is 2. The van der Waals surface area contributed by atoms with Gasteiger partial charge in [-0.1, -0.05) is 29.8 Å². The minimum Gasteiger partial charge on any atom is -0.481 e. The summed E-state index contributed by atoms with van der Waals surface area (Å²) < 4.78 is 1.51. The molecule has 1 aliphatic rings. The first-order valence-corrected chi connectivity index (χ1v) is 7.97. The quantitative estimate of drug-likeness (QED) is 0.528. The van der Waals surface area contributed by atoms with Crippen molar-refractivity contribution in [3.8, 4) is 5.69 Å². The van der Waals surface area contributed by atoms with Crippen molar-refractivity contribution >= 4 is 41.5 Å². The third kappa shape index (κ3) is 4.79. The SMILES string of the molecule is CC(=O)O.Cc1nn(-c2ccccc2)c(Cl)c1C=C1C(=O)NC(=O)NC1=O. The van der Waals surface area contributed by atoms with Gasteiger partial charge in [0.2, 0.25) is 0 Å². The van der Waals surface area contributed by atoms with Crippen LogP contribution in [0.15, 0.2) is 35.9 Å². The van der Waals surface area contributed by atoms with E-state index < -0.39 is 23.8 Å². The second-order valence-electron chi connectivity index (χ2n) is 5.35. The number of carboxylic acid groups (broad SMARTS) is 1. The lowest BCUT2D eigenvalue weighted by Gasteiger charge is -2.13. The number of nitrogens with one attached hydrogen (secondary N) is 2. The monoisotopic (exact) mass is 390 g/mol. The Kier molecular flexibility index (Phi) is 6.09. The smallest absolute Gasteiger partial charge is 0.328 e. The van der Waals surface area contributed by atoms with Crippen LogP contribution < -0.4 is 10.6 Å². The molecule has 4 amide bonds. The highest BCUT2D eigenvalue weighted by Gasteiger charge is 2.28. The van der Waals surface area contributed by atoms with Crippen LogP contribution in [0.1, 0.15) is 18.2 Å². The Bertz CT molecular complexity index is 924. The largest absolute Gasteiger partial charge is 0.481 e. The van der Waals surface area contributed by atoms with E-state index in [9.17, 15) is 14.4 Å². The van der Waals surface area contributed by atoms with Gasteiger partial charge in [-0.2, -0.15) is 5.10 Å². The Morgan fingerprint density at radius 1 is 1.15 bits per heavy atom. The first-order chi connectivity index (χ1) is 12.7. The zero-order valence-electron chi connectivity index (χ0n) is 14.3. The summed E-state index contributed by atoms with van der Waals surface area (Å²) in [5.41, 5.74) is 1.52. The summed E-state index contributed by atoms with van der Waals surface area (Å²) >= 11 is 6.33. The highest BCUT2D eigenvalue weighted by atomic mass is 35.5. The van der Waals surface area contributed by atoms with E-state index in [1.807, 2.05) is 41.0 Å². The van der Waals surface area contributed by atoms with Crippen LogP contribution in [0.25, 0.3) is 11.8 Å². The molecule has 1 fully saturated rings. The number of rotatable bonds is 2. The Labute approximate surface area is 158 Å². The van der Waals surface area contributed by atoms with Gasteiger partial charge in [-0.15, -0.1) is 0 Å². The molecule has 0 atom stereocenters. The summed E-state index contributed by atoms with van der Waals surface area (Å²) in [6.45, 7) is 2.79. The number of benzene rings is 1. The van der Waals surface area contributed by atoms with Crippen molar-refractivity contribution in [2.45, 2.75) is 13.8 Å². The molecule has 140 valence electrons. The average Bonchev–Trinajstić information content (AvgIpc) is 2.86. The van der Waals surface area contributed by atoms with Crippen molar-refractivity contribution in [3.63, 3.8) is 0 Å². The van der Waals surface area contributed by atoms with Gasteiger partial charge in [0.05, 0.1) is 11.4 Å². The summed E-state index contributed by atoms with van der Waals surface area (Å²) in [6.07, 6.45) is 1.32. The fourth-order valence-electron chi connectivity index (χ4n) is 2.17. The van der Waals surface area contributed by atoms with Crippen LogP contribution in [0.2, 0.25) is 5.15 Å². The summed E-state index contributed by atoms with van der Waals surface area (Å²) in [7, 11) is 0. The molecule has 0 unspecified atom stereocenters. The Morgan fingerprint density at radius 3 is 2.19 bits per heavy atom. The number of para-hydroxylation sites is 1. The van der Waals surface area contributed by atoms with E-state index in [0.717, 1.165) is 12.6 Å². The van der Waals surface area contributed by atoms with Crippen molar-refractivity contribution in [2.24, 2.45) is 0 Å². The maximum atomic E-state index is 11.8. The van der Waals surface area contributed by atoms with Gasteiger partial charge in [0.1, 0.15) is 10.7 Å². The van der Waals surface area contributed by atoms with Crippen LogP contribution in [0.3, 0.4) is 0 Å². The van der Waals surface area contributed by atoms with Gasteiger partial charge >= 0.3 is 6.03 Å². The standard InChI is InChI=1S/C15H11ClN4O3.C2H4O2/c1-8-10(7-11-13(21)17-15(23)18-14(11)22)12(16)20(19-8)9-5-3-2-4-6-9;1-2(3)4/h2-7H,1H3,(H2,17,18,21,22,23);1H3,(H,3,4). The molecule has 2 heterocycles. The number of halogens is 1. The van der Waals surface area contributed by atoms with Gasteiger partial charge in [0.15, 0.2) is 0 Å². The van der Waals surface area contributed by atoms with Crippen molar-refractivity contribution in [2.75, 3.05) is 0 Å². The fraction of sp³-hybridized carbons (Fsp3) is 0.118. The van der Waals surface area contributed by atoms with E-state index in [1.54, 1.807) is 6.92 Å². The number of carbonyl (C=O) groups excluding carboxylic acids is 3. The maximum Gasteiger partial charge on any atom is 0.328 e. The molecular formula is C17H15ClN4O5. The second-order valence-corrected chi connectivity index (χ2v) is 5.71. The summed E-state index contributed by atoms with van der Waals surface area (Å²) in [5, 5.41) is 16.0. The molecule has 1 aromatic heterocycles. The van der Waals surface area contributed by atoms with Crippen LogP contribution in [-0.2, 0) is 14.4 Å². The third-order valence-corrected chi connectivity index (χ3v) is 3.64. The lowest BCUT2D eigenvalue weighted by molar-refractivity contribution is -0.134. The summed E-state index contributed by atoms with van der Waals surface area (Å²) in [4.78, 5) is 43.6. The van der Waals surface area contributed by atoms with Crippen LogP contribution in [0, 0.1) is 6.92 Å². The number of urea groups is 1. The van der Waals surface area contributed by atoms with Crippen LogP contribution >= 0.6 is 11.6 Å². The van der Waals surface area contributed by atoms with Gasteiger partial charge in [-0.3, -0.25) is 25.0 Å². The fourth-order valence-corrected chi connectivity index (χ4v) is 2.49. The average molecular weight is 391 g/mol. The zero-order chi connectivity index (χ0) is 20.1. The highest BCUT2D eigenvalue weighted by Crippen LogP contribution is 2.26. The second kappa shape index (κ2) is 8.28. The van der Waals surface area contributed by atoms with E-state index in [1.165, 1.54) is 10.8 Å². The van der Waals surface area contributed by atoms with Crippen molar-refractivity contribution in [3.05, 3.63) is 52.3 Å². The molecule has 0 aliphatic carbocycles. The van der Waals surface area contributed by atoms with Crippen LogP contribution in [0.5, 0.6) is 0 Å². The number of hydrogen-bond acceptors (Lipinski definition) is 5. The molecule has 0 spiro atoms. The zero-order valence-corrected chi connectivity index (χ0v) is 15.1. The first kappa shape index (κ1) is 19.9. The molecule has 1 aliphatic heterocycles. The number of aryl methyl sites for hydroxylation is 1. The summed E-state index contributed by atoms with van der Waals surface area (Å²) in [5.74, 6) is -2.39. The normalized spacial score (nSPS) is 13.3. The molecular weight excluding hydrogens is 376 g/mol. The minimum absolute atomic E-state index is 0.206. The molecule has 2 aromatic rings. The summed E-state index contributed by atoms with van der Waals surface area (Å²) in [6, 6.07) is 8.36. The molecule has 27 heavy (non-hydrogen) atoms. The number of carbonyl (C=O) groups is 4. The molecule has 1 aromatic carbocycles. The van der Waals surface area contributed by atoms with Crippen LogP contribution in [0.4, 0.5) is 4.79 Å². The van der Waals surface area contributed by atoms with E-state index >= 15 is 0 Å². The number of aliphatic carboxylic acids is 1. The highest BCUT2D eigenvalue weighted by molar-refractivity contribution is 6.34. The maximum absolute atomic E-state index is 11.8. The number of aromatic nitrogens is 2. The predicted octanol–water partition coefficient (Wildman–Crippen LogP) is 1.67. The van der Waals surface area contributed by atoms with Crippen molar-refractivity contribution in [1.82, 2.24) is 20.4 Å². The van der Waals surface area contributed by atoms with Gasteiger partial charge in [0, 0.05) is 12.5 Å². The van der Waals surface area contributed by atoms with E-state index in [-0.39, 0.29) is 10.7 Å². The van der Waals surface area contributed by atoms with Gasteiger partial charge < -0.3 is 5.11 Å². The van der Waals surface area contributed by atoms with Crippen molar-refractivity contribution in [1.29, 1.82) is 0 Å². The third-order valence-electron chi connectivity index (χ3n) is 3.28. The predicted molar refractivity (Wildman–Crippen MR) is 96.3 cm³/mol. The number of amides is 4. The van der Waals surface area contributed by atoms with Gasteiger partial charge in [0.25, 0.3) is 17.8 Å². The Hall–Kier alpha value is -3.46. The number of imide groups is 2. The molecule has 0 bridgehead atoms. The van der Waals surface area contributed by atoms with E-state index in [0.29, 0.717) is 11.3 Å². The topological polar surface area (TPSA) is 130 Å². The van der Waals surface area contributed by atoms with Crippen LogP contribution in [-0.4, -0.2) is 38.7 Å². The van der Waals surface area contributed by atoms with E-state index in [4.69, 9.17) is 21.5 Å². The lowest BCUT2D eigenvalue weighted by atomic mass is 10.1. The molecule has 3 N–H and O–H groups in total. The lowest BCUT2D eigenvalue weighted by Crippen LogP contribution is -2.51.